The summed E-state index contributed by atoms with van der Waals surface area (Å²) >= 11 is 9.20. The van der Waals surface area contributed by atoms with Gasteiger partial charge < -0.3 is 0 Å². The van der Waals surface area contributed by atoms with Crippen molar-refractivity contribution in [1.29, 1.82) is 0 Å². The number of rotatable bonds is 4. The van der Waals surface area contributed by atoms with E-state index in [2.05, 4.69) is 10.1 Å². The van der Waals surface area contributed by atoms with E-state index in [1.165, 1.54) is 23.6 Å². The summed E-state index contributed by atoms with van der Waals surface area (Å²) < 4.78 is 15.7. The molecule has 124 valence electrons. The molecule has 0 N–H and O–H groups in total. The van der Waals surface area contributed by atoms with Crippen LogP contribution in [0.4, 0.5) is 4.39 Å². The Morgan fingerprint density at radius 1 is 1.21 bits per heavy atom. The second kappa shape index (κ2) is 7.42. The first-order valence-electron chi connectivity index (χ1n) is 7.33. The predicted molar refractivity (Wildman–Crippen MR) is 101 cm³/mol. The van der Waals surface area contributed by atoms with Crippen molar-refractivity contribution in [1.82, 2.24) is 4.68 Å². The second-order valence-electron chi connectivity index (χ2n) is 5.30. The summed E-state index contributed by atoms with van der Waals surface area (Å²) in [6.45, 7) is 4.01. The highest BCUT2D eigenvalue weighted by Crippen LogP contribution is 2.25. The van der Waals surface area contributed by atoms with Crippen molar-refractivity contribution in [3.05, 3.63) is 62.3 Å². The molecule has 1 aromatic carbocycles. The van der Waals surface area contributed by atoms with Gasteiger partial charge in [-0.15, -0.1) is 22.7 Å². The molecular weight excluding hydrogens is 365 g/mol. The van der Waals surface area contributed by atoms with Gasteiger partial charge in [0.1, 0.15) is 5.82 Å². The molecule has 0 fully saturated rings. The zero-order valence-corrected chi connectivity index (χ0v) is 15.5. The number of hydrogen-bond acceptors (Lipinski definition) is 4. The maximum absolute atomic E-state index is 14.0. The molecule has 7 heteroatoms. The van der Waals surface area contributed by atoms with Crippen LogP contribution in [0.2, 0.25) is 5.02 Å². The summed E-state index contributed by atoms with van der Waals surface area (Å²) in [7, 11) is 0. The Labute approximate surface area is 152 Å². The molecular formula is C17H15ClFN3S2. The van der Waals surface area contributed by atoms with E-state index in [9.17, 15) is 4.39 Å². The lowest BCUT2D eigenvalue weighted by Crippen LogP contribution is -2.14. The standard InChI is InChI=1S/C17H15ClFN3S2/c1-11(2)21-17-22(15(10-24-17)16-7-4-8-23-16)20-9-12-13(18)5-3-6-14(12)19/h3-11H,1-2H3. The molecule has 0 radical (unpaired) electrons. The number of thiazole rings is 1. The molecule has 0 aliphatic carbocycles. The van der Waals surface area contributed by atoms with Crippen molar-refractivity contribution in [2.45, 2.75) is 19.9 Å². The van der Waals surface area contributed by atoms with Gasteiger partial charge in [-0.05, 0) is 37.4 Å². The number of halogens is 2. The molecule has 0 aliphatic rings. The van der Waals surface area contributed by atoms with E-state index in [1.54, 1.807) is 28.1 Å². The van der Waals surface area contributed by atoms with Gasteiger partial charge >= 0.3 is 0 Å². The SMILES string of the molecule is CC(C)N=c1scc(-c2cccs2)n1N=Cc1c(F)cccc1Cl. The van der Waals surface area contributed by atoms with E-state index in [0.29, 0.717) is 5.02 Å². The first kappa shape index (κ1) is 17.1. The van der Waals surface area contributed by atoms with Crippen LogP contribution in [0.3, 0.4) is 0 Å². The highest BCUT2D eigenvalue weighted by Gasteiger charge is 2.10. The van der Waals surface area contributed by atoms with E-state index in [1.807, 2.05) is 36.7 Å². The van der Waals surface area contributed by atoms with Crippen LogP contribution in [0.1, 0.15) is 19.4 Å². The molecule has 0 amide bonds. The van der Waals surface area contributed by atoms with Crippen LogP contribution >= 0.6 is 34.3 Å². The van der Waals surface area contributed by atoms with Gasteiger partial charge in [-0.1, -0.05) is 23.7 Å². The summed E-state index contributed by atoms with van der Waals surface area (Å²) in [5, 5.41) is 8.80. The van der Waals surface area contributed by atoms with Gasteiger partial charge in [-0.3, -0.25) is 4.99 Å². The molecule has 2 aromatic heterocycles. The van der Waals surface area contributed by atoms with E-state index >= 15 is 0 Å². The molecule has 0 atom stereocenters. The smallest absolute Gasteiger partial charge is 0.206 e. The Hall–Kier alpha value is -1.76. The Kier molecular flexibility index (Phi) is 5.28. The lowest BCUT2D eigenvalue weighted by molar-refractivity contribution is 0.625. The second-order valence-corrected chi connectivity index (χ2v) is 7.49. The minimum absolute atomic E-state index is 0.137. The zero-order chi connectivity index (χ0) is 17.1. The Morgan fingerprint density at radius 3 is 2.71 bits per heavy atom. The van der Waals surface area contributed by atoms with Gasteiger partial charge in [-0.25, -0.2) is 9.07 Å². The summed E-state index contributed by atoms with van der Waals surface area (Å²) in [6.07, 6.45) is 1.45. The minimum atomic E-state index is -0.401. The highest BCUT2D eigenvalue weighted by molar-refractivity contribution is 7.14. The van der Waals surface area contributed by atoms with Gasteiger partial charge in [0, 0.05) is 17.0 Å². The van der Waals surface area contributed by atoms with Crippen molar-refractivity contribution in [2.75, 3.05) is 0 Å². The van der Waals surface area contributed by atoms with Gasteiger partial charge in [0.05, 0.1) is 21.8 Å². The van der Waals surface area contributed by atoms with Crippen molar-refractivity contribution in [2.24, 2.45) is 10.1 Å². The zero-order valence-electron chi connectivity index (χ0n) is 13.1. The maximum atomic E-state index is 14.0. The fraction of sp³-hybridized carbons (Fsp3) is 0.176. The number of benzene rings is 1. The third-order valence-corrected chi connectivity index (χ3v) is 5.18. The first-order valence-corrected chi connectivity index (χ1v) is 9.46. The van der Waals surface area contributed by atoms with Crippen molar-refractivity contribution < 1.29 is 4.39 Å². The molecule has 3 aromatic rings. The lowest BCUT2D eigenvalue weighted by Gasteiger charge is -2.03. The third-order valence-electron chi connectivity index (χ3n) is 3.13. The van der Waals surface area contributed by atoms with Crippen molar-refractivity contribution in [3.8, 4) is 10.6 Å². The lowest BCUT2D eigenvalue weighted by atomic mass is 10.2. The largest absolute Gasteiger partial charge is 0.255 e. The topological polar surface area (TPSA) is 29.6 Å². The highest BCUT2D eigenvalue weighted by atomic mass is 35.5. The molecule has 0 saturated carbocycles. The number of hydrogen-bond donors (Lipinski definition) is 0. The van der Waals surface area contributed by atoms with E-state index < -0.39 is 5.82 Å². The molecule has 0 saturated heterocycles. The van der Waals surface area contributed by atoms with Gasteiger partial charge in [0.25, 0.3) is 0 Å². The number of nitrogens with zero attached hydrogens (tertiary/aromatic N) is 3. The summed E-state index contributed by atoms with van der Waals surface area (Å²) in [6, 6.07) is 8.73. The van der Waals surface area contributed by atoms with Crippen LogP contribution in [-0.2, 0) is 0 Å². The predicted octanol–water partition coefficient (Wildman–Crippen LogP) is 5.26. The molecule has 3 rings (SSSR count). The maximum Gasteiger partial charge on any atom is 0.206 e. The van der Waals surface area contributed by atoms with Crippen LogP contribution < -0.4 is 4.80 Å². The van der Waals surface area contributed by atoms with Crippen molar-refractivity contribution >= 4 is 40.5 Å². The summed E-state index contributed by atoms with van der Waals surface area (Å²) in [4.78, 5) is 6.43. The quantitative estimate of drug-likeness (QED) is 0.553. The Balaban J connectivity index is 2.12. The molecule has 0 unspecified atom stereocenters. The van der Waals surface area contributed by atoms with Gasteiger partial charge in [0.2, 0.25) is 4.80 Å². The molecule has 0 bridgehead atoms. The van der Waals surface area contributed by atoms with Crippen LogP contribution in [0.15, 0.2) is 51.2 Å². The minimum Gasteiger partial charge on any atom is -0.255 e. The van der Waals surface area contributed by atoms with E-state index in [-0.39, 0.29) is 11.6 Å². The number of thiophene rings is 1. The molecule has 0 spiro atoms. The van der Waals surface area contributed by atoms with Gasteiger partial charge in [0.15, 0.2) is 0 Å². The monoisotopic (exact) mass is 379 g/mol. The number of aromatic nitrogens is 1. The van der Waals surface area contributed by atoms with Gasteiger partial charge in [-0.2, -0.15) is 5.10 Å². The molecule has 2 heterocycles. The molecule has 0 aliphatic heterocycles. The van der Waals surface area contributed by atoms with Crippen LogP contribution in [0, 0.1) is 5.82 Å². The molecule has 3 nitrogen and oxygen atoms in total. The van der Waals surface area contributed by atoms with Crippen LogP contribution in [0.5, 0.6) is 0 Å². The van der Waals surface area contributed by atoms with Crippen LogP contribution in [-0.4, -0.2) is 16.9 Å². The average Bonchev–Trinajstić information content (AvgIpc) is 3.16. The first-order chi connectivity index (χ1) is 11.6. The fourth-order valence-corrected chi connectivity index (χ4v) is 4.04. The summed E-state index contributed by atoms with van der Waals surface area (Å²) in [5.74, 6) is -0.401. The normalized spacial score (nSPS) is 12.6. The Bertz CT molecular complexity index is 903. The van der Waals surface area contributed by atoms with E-state index in [0.717, 1.165) is 15.4 Å². The fourth-order valence-electron chi connectivity index (χ4n) is 2.07. The third kappa shape index (κ3) is 3.66. The molecule has 24 heavy (non-hydrogen) atoms. The average molecular weight is 380 g/mol. The van der Waals surface area contributed by atoms with Crippen molar-refractivity contribution in [3.63, 3.8) is 0 Å². The van der Waals surface area contributed by atoms with E-state index in [4.69, 9.17) is 11.6 Å². The summed E-state index contributed by atoms with van der Waals surface area (Å²) in [5.41, 5.74) is 1.20. The Morgan fingerprint density at radius 2 is 2.04 bits per heavy atom. The van der Waals surface area contributed by atoms with Crippen LogP contribution in [0.25, 0.3) is 10.6 Å².